The SMILES string of the molecule is Cc1n[nH]c(=O)c(C(=O)Nc2cccc(CCC(=O)O)c2)c1C. The van der Waals surface area contributed by atoms with Gasteiger partial charge in [0.1, 0.15) is 5.56 Å². The van der Waals surface area contributed by atoms with Crippen molar-refractivity contribution in [3.63, 3.8) is 0 Å². The van der Waals surface area contributed by atoms with Crippen LogP contribution in [0.2, 0.25) is 0 Å². The number of aromatic amines is 1. The first-order chi connectivity index (χ1) is 10.9. The highest BCUT2D eigenvalue weighted by molar-refractivity contribution is 6.05. The summed E-state index contributed by atoms with van der Waals surface area (Å²) in [6, 6.07) is 6.88. The molecule has 1 heterocycles. The molecule has 0 unspecified atom stereocenters. The number of carboxylic acid groups (broad SMARTS) is 1. The second kappa shape index (κ2) is 6.87. The molecule has 7 nitrogen and oxygen atoms in total. The van der Waals surface area contributed by atoms with E-state index in [2.05, 4.69) is 15.5 Å². The molecule has 0 aliphatic carbocycles. The third-order valence-corrected chi connectivity index (χ3v) is 3.51. The molecule has 0 fully saturated rings. The number of nitrogens with zero attached hydrogens (tertiary/aromatic N) is 1. The van der Waals surface area contributed by atoms with Crippen LogP contribution in [0, 0.1) is 13.8 Å². The summed E-state index contributed by atoms with van der Waals surface area (Å²) >= 11 is 0. The second-order valence-electron chi connectivity index (χ2n) is 5.19. The molecule has 3 N–H and O–H groups in total. The number of carboxylic acids is 1. The van der Waals surface area contributed by atoms with E-state index in [0.717, 1.165) is 5.56 Å². The van der Waals surface area contributed by atoms with Gasteiger partial charge in [0.15, 0.2) is 0 Å². The number of carbonyl (C=O) groups excluding carboxylic acids is 1. The Morgan fingerprint density at radius 1 is 1.30 bits per heavy atom. The lowest BCUT2D eigenvalue weighted by Crippen LogP contribution is -2.26. The minimum atomic E-state index is -0.881. The van der Waals surface area contributed by atoms with Gasteiger partial charge in [-0.15, -0.1) is 0 Å². The second-order valence-corrected chi connectivity index (χ2v) is 5.19. The topological polar surface area (TPSA) is 112 Å². The zero-order chi connectivity index (χ0) is 17.0. The van der Waals surface area contributed by atoms with E-state index in [-0.39, 0.29) is 12.0 Å². The lowest BCUT2D eigenvalue weighted by Gasteiger charge is -2.09. The van der Waals surface area contributed by atoms with Crippen molar-refractivity contribution in [3.8, 4) is 0 Å². The zero-order valence-electron chi connectivity index (χ0n) is 12.8. The third-order valence-electron chi connectivity index (χ3n) is 3.51. The van der Waals surface area contributed by atoms with Gasteiger partial charge in [0, 0.05) is 12.1 Å². The first kappa shape index (κ1) is 16.4. The highest BCUT2D eigenvalue weighted by atomic mass is 16.4. The van der Waals surface area contributed by atoms with E-state index < -0.39 is 17.4 Å². The van der Waals surface area contributed by atoms with Crippen molar-refractivity contribution in [1.29, 1.82) is 0 Å². The average Bonchev–Trinajstić information content (AvgIpc) is 2.50. The number of aliphatic carboxylic acids is 1. The van der Waals surface area contributed by atoms with E-state index in [9.17, 15) is 14.4 Å². The summed E-state index contributed by atoms with van der Waals surface area (Å²) in [6.45, 7) is 3.37. The van der Waals surface area contributed by atoms with Crippen molar-refractivity contribution >= 4 is 17.6 Å². The van der Waals surface area contributed by atoms with Gasteiger partial charge in [-0.1, -0.05) is 12.1 Å². The molecule has 23 heavy (non-hydrogen) atoms. The molecule has 0 aliphatic rings. The first-order valence-corrected chi connectivity index (χ1v) is 7.06. The molecule has 0 bridgehead atoms. The molecule has 2 rings (SSSR count). The Morgan fingerprint density at radius 3 is 2.74 bits per heavy atom. The van der Waals surface area contributed by atoms with Crippen molar-refractivity contribution < 1.29 is 14.7 Å². The number of H-pyrrole nitrogens is 1. The Morgan fingerprint density at radius 2 is 2.04 bits per heavy atom. The molecule has 0 saturated heterocycles. The summed E-state index contributed by atoms with van der Waals surface area (Å²) in [5.74, 6) is -1.40. The number of rotatable bonds is 5. The minimum absolute atomic E-state index is 0.0136. The Bertz CT molecular complexity index is 811. The van der Waals surface area contributed by atoms with Crippen LogP contribution in [0.3, 0.4) is 0 Å². The number of benzene rings is 1. The largest absolute Gasteiger partial charge is 0.481 e. The van der Waals surface area contributed by atoms with E-state index in [1.165, 1.54) is 0 Å². The van der Waals surface area contributed by atoms with Crippen LogP contribution in [0.1, 0.15) is 33.6 Å². The van der Waals surface area contributed by atoms with Crippen LogP contribution in [-0.2, 0) is 11.2 Å². The van der Waals surface area contributed by atoms with Crippen LogP contribution in [0.4, 0.5) is 5.69 Å². The number of carbonyl (C=O) groups is 2. The maximum absolute atomic E-state index is 12.3. The molecule has 0 radical (unpaired) electrons. The van der Waals surface area contributed by atoms with Gasteiger partial charge in [0.2, 0.25) is 0 Å². The molecular weight excluding hydrogens is 298 g/mol. The molecule has 2 aromatic rings. The van der Waals surface area contributed by atoms with Gasteiger partial charge in [-0.2, -0.15) is 5.10 Å². The highest BCUT2D eigenvalue weighted by Crippen LogP contribution is 2.14. The molecule has 1 aromatic carbocycles. The zero-order valence-corrected chi connectivity index (χ0v) is 12.8. The smallest absolute Gasteiger partial charge is 0.303 e. The van der Waals surface area contributed by atoms with Crippen molar-refractivity contribution in [2.75, 3.05) is 5.32 Å². The van der Waals surface area contributed by atoms with Crippen LogP contribution in [0.15, 0.2) is 29.1 Å². The Balaban J connectivity index is 2.21. The fourth-order valence-corrected chi connectivity index (χ4v) is 2.15. The Hall–Kier alpha value is -2.96. The van der Waals surface area contributed by atoms with Crippen molar-refractivity contribution in [3.05, 3.63) is 57.0 Å². The lowest BCUT2D eigenvalue weighted by atomic mass is 10.1. The first-order valence-electron chi connectivity index (χ1n) is 7.06. The summed E-state index contributed by atoms with van der Waals surface area (Å²) in [5, 5.41) is 17.5. The lowest BCUT2D eigenvalue weighted by molar-refractivity contribution is -0.136. The fourth-order valence-electron chi connectivity index (χ4n) is 2.15. The number of nitrogens with one attached hydrogen (secondary N) is 2. The number of hydrogen-bond donors (Lipinski definition) is 3. The van der Waals surface area contributed by atoms with Crippen LogP contribution in [0.5, 0.6) is 0 Å². The van der Waals surface area contributed by atoms with Gasteiger partial charge < -0.3 is 10.4 Å². The number of amides is 1. The monoisotopic (exact) mass is 315 g/mol. The van der Waals surface area contributed by atoms with E-state index >= 15 is 0 Å². The molecule has 120 valence electrons. The Labute approximate surface area is 132 Å². The summed E-state index contributed by atoms with van der Waals surface area (Å²) in [7, 11) is 0. The van der Waals surface area contributed by atoms with Crippen molar-refractivity contribution in [1.82, 2.24) is 10.2 Å². The summed E-state index contributed by atoms with van der Waals surface area (Å²) < 4.78 is 0. The number of aromatic nitrogens is 2. The molecule has 0 saturated carbocycles. The maximum atomic E-state index is 12.3. The van der Waals surface area contributed by atoms with Crippen LogP contribution >= 0.6 is 0 Å². The van der Waals surface area contributed by atoms with Crippen LogP contribution < -0.4 is 10.9 Å². The predicted molar refractivity (Wildman–Crippen MR) is 84.7 cm³/mol. The van der Waals surface area contributed by atoms with Gasteiger partial charge >= 0.3 is 5.97 Å². The minimum Gasteiger partial charge on any atom is -0.481 e. The molecule has 0 aliphatic heterocycles. The summed E-state index contributed by atoms with van der Waals surface area (Å²) in [6.07, 6.45) is 0.382. The molecule has 1 aromatic heterocycles. The molecule has 1 amide bonds. The van der Waals surface area contributed by atoms with Crippen molar-refractivity contribution in [2.24, 2.45) is 0 Å². The normalized spacial score (nSPS) is 10.3. The maximum Gasteiger partial charge on any atom is 0.303 e. The number of aryl methyl sites for hydroxylation is 2. The standard InChI is InChI=1S/C16H17N3O4/c1-9-10(2)18-19-16(23)14(9)15(22)17-12-5-3-4-11(8-12)6-7-13(20)21/h3-5,8H,6-7H2,1-2H3,(H,17,22)(H,19,23)(H,20,21). The number of hydrogen-bond acceptors (Lipinski definition) is 4. The van der Waals surface area contributed by atoms with Gasteiger partial charge in [-0.3, -0.25) is 14.4 Å². The van der Waals surface area contributed by atoms with E-state index in [0.29, 0.717) is 23.4 Å². The van der Waals surface area contributed by atoms with E-state index in [1.54, 1.807) is 38.1 Å². The van der Waals surface area contributed by atoms with Crippen LogP contribution in [0.25, 0.3) is 0 Å². The van der Waals surface area contributed by atoms with Crippen LogP contribution in [-0.4, -0.2) is 27.2 Å². The van der Waals surface area contributed by atoms with E-state index in [4.69, 9.17) is 5.11 Å². The van der Waals surface area contributed by atoms with Crippen molar-refractivity contribution in [2.45, 2.75) is 26.7 Å². The highest BCUT2D eigenvalue weighted by Gasteiger charge is 2.16. The summed E-state index contributed by atoms with van der Waals surface area (Å²) in [5.41, 5.74) is 1.87. The van der Waals surface area contributed by atoms with Gasteiger partial charge in [0.05, 0.1) is 5.69 Å². The summed E-state index contributed by atoms with van der Waals surface area (Å²) in [4.78, 5) is 34.8. The molecule has 7 heteroatoms. The Kier molecular flexibility index (Phi) is 4.90. The van der Waals surface area contributed by atoms with Gasteiger partial charge in [-0.25, -0.2) is 5.10 Å². The quantitative estimate of drug-likeness (QED) is 0.776. The molecule has 0 atom stereocenters. The van der Waals surface area contributed by atoms with Gasteiger partial charge in [-0.05, 0) is 43.5 Å². The van der Waals surface area contributed by atoms with E-state index in [1.807, 2.05) is 0 Å². The average molecular weight is 315 g/mol. The fraction of sp³-hybridized carbons (Fsp3) is 0.250. The third kappa shape index (κ3) is 4.03. The molecule has 0 spiro atoms. The molecular formula is C16H17N3O4. The van der Waals surface area contributed by atoms with Gasteiger partial charge in [0.25, 0.3) is 11.5 Å². The number of anilines is 1. The predicted octanol–water partition coefficient (Wildman–Crippen LogP) is 1.66.